The van der Waals surface area contributed by atoms with Crippen LogP contribution in [-0.2, 0) is 11.2 Å². The quantitative estimate of drug-likeness (QED) is 0.475. The highest BCUT2D eigenvalue weighted by atomic mass is 16.5. The van der Waals surface area contributed by atoms with E-state index in [4.69, 9.17) is 9.26 Å². The lowest BCUT2D eigenvalue weighted by Crippen LogP contribution is -2.28. The summed E-state index contributed by atoms with van der Waals surface area (Å²) in [5.41, 5.74) is 3.36. The summed E-state index contributed by atoms with van der Waals surface area (Å²) < 4.78 is 11.2. The molecule has 1 aliphatic heterocycles. The molecule has 1 atom stereocenters. The molecule has 168 valence electrons. The van der Waals surface area contributed by atoms with E-state index in [1.807, 2.05) is 48.2 Å². The molecule has 1 saturated heterocycles. The summed E-state index contributed by atoms with van der Waals surface area (Å²) in [5.74, 6) is 2.82. The van der Waals surface area contributed by atoms with Crippen LogP contribution in [0, 0.1) is 19.8 Å². The Labute approximate surface area is 189 Å². The van der Waals surface area contributed by atoms with Gasteiger partial charge in [-0.05, 0) is 51.2 Å². The topological polar surface area (TPSA) is 68.5 Å². The van der Waals surface area contributed by atoms with Crippen LogP contribution in [0.15, 0.2) is 53.1 Å². The molecule has 0 bridgehead atoms. The van der Waals surface area contributed by atoms with Crippen LogP contribution in [0.4, 0.5) is 0 Å². The standard InChI is InChI=1S/C26H31N3O3/c1-19-6-10-22(11-7-19)26-27-24(32-28-26)4-3-5-25(30)29-16-14-21(18-29)15-17-31-23-12-8-20(2)9-13-23/h6-13,21H,3-5,14-18H2,1-2H3. The van der Waals surface area contributed by atoms with Crippen LogP contribution in [0.3, 0.4) is 0 Å². The lowest BCUT2D eigenvalue weighted by Gasteiger charge is -2.16. The fraction of sp³-hybridized carbons (Fsp3) is 0.423. The van der Waals surface area contributed by atoms with Crippen LogP contribution < -0.4 is 4.74 Å². The molecule has 6 heteroatoms. The molecule has 2 aromatic carbocycles. The lowest BCUT2D eigenvalue weighted by atomic mass is 10.1. The SMILES string of the molecule is Cc1ccc(OCCC2CCN(C(=O)CCCc3nc(-c4ccc(C)cc4)no3)C2)cc1. The molecule has 1 fully saturated rings. The van der Waals surface area contributed by atoms with E-state index in [0.29, 0.717) is 43.5 Å². The van der Waals surface area contributed by atoms with Gasteiger partial charge in [-0.15, -0.1) is 0 Å². The highest BCUT2D eigenvalue weighted by Gasteiger charge is 2.25. The van der Waals surface area contributed by atoms with E-state index in [1.54, 1.807) is 0 Å². The van der Waals surface area contributed by atoms with Gasteiger partial charge in [-0.1, -0.05) is 52.7 Å². The summed E-state index contributed by atoms with van der Waals surface area (Å²) in [5, 5.41) is 4.06. The minimum atomic E-state index is 0.213. The van der Waals surface area contributed by atoms with E-state index in [1.165, 1.54) is 11.1 Å². The molecule has 1 amide bonds. The summed E-state index contributed by atoms with van der Waals surface area (Å²) >= 11 is 0. The van der Waals surface area contributed by atoms with Crippen molar-refractivity contribution in [2.45, 2.75) is 46.0 Å². The average molecular weight is 434 g/mol. The molecule has 4 rings (SSSR count). The number of likely N-dealkylation sites (tertiary alicyclic amines) is 1. The smallest absolute Gasteiger partial charge is 0.226 e. The first kappa shape index (κ1) is 22.1. The molecule has 0 radical (unpaired) electrons. The molecule has 0 aliphatic carbocycles. The zero-order valence-corrected chi connectivity index (χ0v) is 18.9. The molecule has 0 spiro atoms. The van der Waals surface area contributed by atoms with Gasteiger partial charge < -0.3 is 14.2 Å². The van der Waals surface area contributed by atoms with Gasteiger partial charge in [0, 0.05) is 31.5 Å². The van der Waals surface area contributed by atoms with Crippen molar-refractivity contribution in [2.24, 2.45) is 5.92 Å². The second kappa shape index (κ2) is 10.4. The van der Waals surface area contributed by atoms with Crippen LogP contribution in [-0.4, -0.2) is 40.6 Å². The highest BCUT2D eigenvalue weighted by Crippen LogP contribution is 2.22. The lowest BCUT2D eigenvalue weighted by molar-refractivity contribution is -0.130. The Morgan fingerprint density at radius 2 is 1.81 bits per heavy atom. The van der Waals surface area contributed by atoms with Gasteiger partial charge in [0.25, 0.3) is 0 Å². The second-order valence-electron chi connectivity index (χ2n) is 8.68. The molecule has 0 saturated carbocycles. The number of benzene rings is 2. The third-order valence-electron chi connectivity index (χ3n) is 6.01. The Bertz CT molecular complexity index is 1010. The zero-order valence-electron chi connectivity index (χ0n) is 18.9. The van der Waals surface area contributed by atoms with E-state index in [2.05, 4.69) is 29.2 Å². The molecule has 1 aromatic heterocycles. The number of hydrogen-bond donors (Lipinski definition) is 0. The summed E-state index contributed by atoms with van der Waals surface area (Å²) in [6, 6.07) is 16.2. The van der Waals surface area contributed by atoms with Crippen molar-refractivity contribution >= 4 is 5.91 Å². The Morgan fingerprint density at radius 3 is 2.56 bits per heavy atom. The van der Waals surface area contributed by atoms with Crippen LogP contribution in [0.1, 0.15) is 42.7 Å². The van der Waals surface area contributed by atoms with Crippen molar-refractivity contribution in [1.29, 1.82) is 0 Å². The number of nitrogens with zero attached hydrogens (tertiary/aromatic N) is 3. The minimum Gasteiger partial charge on any atom is -0.494 e. The molecule has 1 unspecified atom stereocenters. The van der Waals surface area contributed by atoms with Crippen molar-refractivity contribution in [3.8, 4) is 17.1 Å². The summed E-state index contributed by atoms with van der Waals surface area (Å²) in [6.45, 7) is 6.47. The van der Waals surface area contributed by atoms with Crippen LogP contribution in [0.5, 0.6) is 5.75 Å². The van der Waals surface area contributed by atoms with Crippen molar-refractivity contribution < 1.29 is 14.1 Å². The first-order valence-electron chi connectivity index (χ1n) is 11.4. The Kier molecular flexibility index (Phi) is 7.20. The Balaban J connectivity index is 1.15. The van der Waals surface area contributed by atoms with Gasteiger partial charge in [0.05, 0.1) is 6.61 Å². The van der Waals surface area contributed by atoms with Crippen molar-refractivity contribution in [3.05, 3.63) is 65.5 Å². The molecule has 32 heavy (non-hydrogen) atoms. The predicted molar refractivity (Wildman–Crippen MR) is 123 cm³/mol. The first-order valence-corrected chi connectivity index (χ1v) is 11.4. The third kappa shape index (κ3) is 5.96. The number of ether oxygens (including phenoxy) is 1. The van der Waals surface area contributed by atoms with Crippen molar-refractivity contribution in [1.82, 2.24) is 15.0 Å². The van der Waals surface area contributed by atoms with Gasteiger partial charge in [-0.3, -0.25) is 4.79 Å². The first-order chi connectivity index (χ1) is 15.6. The van der Waals surface area contributed by atoms with Gasteiger partial charge in [0.2, 0.25) is 17.6 Å². The Morgan fingerprint density at radius 1 is 1.09 bits per heavy atom. The molecule has 2 heterocycles. The molecule has 3 aromatic rings. The number of aromatic nitrogens is 2. The molecule has 1 aliphatic rings. The van der Waals surface area contributed by atoms with Gasteiger partial charge in [-0.2, -0.15) is 4.98 Å². The van der Waals surface area contributed by atoms with E-state index in [9.17, 15) is 4.79 Å². The predicted octanol–water partition coefficient (Wildman–Crippen LogP) is 4.99. The van der Waals surface area contributed by atoms with E-state index >= 15 is 0 Å². The van der Waals surface area contributed by atoms with Gasteiger partial charge in [0.15, 0.2) is 0 Å². The monoisotopic (exact) mass is 433 g/mol. The van der Waals surface area contributed by atoms with Crippen LogP contribution in [0.25, 0.3) is 11.4 Å². The summed E-state index contributed by atoms with van der Waals surface area (Å²) in [7, 11) is 0. The minimum absolute atomic E-state index is 0.213. The summed E-state index contributed by atoms with van der Waals surface area (Å²) in [4.78, 5) is 19.0. The number of aryl methyl sites for hydroxylation is 3. The van der Waals surface area contributed by atoms with Crippen molar-refractivity contribution in [3.63, 3.8) is 0 Å². The van der Waals surface area contributed by atoms with Gasteiger partial charge >= 0.3 is 0 Å². The number of rotatable bonds is 9. The molecular formula is C26H31N3O3. The van der Waals surface area contributed by atoms with Crippen LogP contribution in [0.2, 0.25) is 0 Å². The third-order valence-corrected chi connectivity index (χ3v) is 6.01. The van der Waals surface area contributed by atoms with Gasteiger partial charge in [0.1, 0.15) is 5.75 Å². The molecule has 6 nitrogen and oxygen atoms in total. The largest absolute Gasteiger partial charge is 0.494 e. The normalized spacial score (nSPS) is 15.8. The number of hydrogen-bond acceptors (Lipinski definition) is 5. The van der Waals surface area contributed by atoms with E-state index < -0.39 is 0 Å². The maximum absolute atomic E-state index is 12.6. The molecular weight excluding hydrogens is 402 g/mol. The number of carbonyl (C=O) groups is 1. The van der Waals surface area contributed by atoms with Crippen LogP contribution >= 0.6 is 0 Å². The highest BCUT2D eigenvalue weighted by molar-refractivity contribution is 5.76. The average Bonchev–Trinajstić information content (AvgIpc) is 3.46. The van der Waals surface area contributed by atoms with E-state index in [-0.39, 0.29) is 5.91 Å². The number of amides is 1. The number of carbonyl (C=O) groups excluding carboxylic acids is 1. The van der Waals surface area contributed by atoms with E-state index in [0.717, 1.165) is 37.2 Å². The van der Waals surface area contributed by atoms with Crippen molar-refractivity contribution in [2.75, 3.05) is 19.7 Å². The Hall–Kier alpha value is -3.15. The maximum atomic E-state index is 12.6. The second-order valence-corrected chi connectivity index (χ2v) is 8.68. The van der Waals surface area contributed by atoms with Gasteiger partial charge in [-0.25, -0.2) is 0 Å². The fourth-order valence-corrected chi connectivity index (χ4v) is 4.00. The summed E-state index contributed by atoms with van der Waals surface area (Å²) in [6.07, 6.45) is 3.86. The molecule has 0 N–H and O–H groups in total. The fourth-order valence-electron chi connectivity index (χ4n) is 4.00. The zero-order chi connectivity index (χ0) is 22.3. The maximum Gasteiger partial charge on any atom is 0.226 e.